The molecule has 1 rings (SSSR count). The second kappa shape index (κ2) is 5.43. The molecule has 0 aromatic heterocycles. The van der Waals surface area contributed by atoms with Crippen molar-refractivity contribution in [2.24, 2.45) is 5.14 Å². The zero-order valence-electron chi connectivity index (χ0n) is 9.20. The molecule has 0 spiro atoms. The first-order valence-electron chi connectivity index (χ1n) is 5.21. The third kappa shape index (κ3) is 3.30. The van der Waals surface area contributed by atoms with Gasteiger partial charge in [0.15, 0.2) is 0 Å². The summed E-state index contributed by atoms with van der Waals surface area (Å²) in [6.07, 6.45) is 0.165. The normalized spacial score (nSPS) is 15.7. The van der Waals surface area contributed by atoms with Crippen molar-refractivity contribution in [3.05, 3.63) is 35.9 Å². The van der Waals surface area contributed by atoms with Crippen molar-refractivity contribution in [2.75, 3.05) is 0 Å². The minimum Gasteiger partial charge on any atom is -0.391 e. The maximum Gasteiger partial charge on any atom is 0.218 e. The quantitative estimate of drug-likeness (QED) is 0.814. The predicted molar refractivity (Wildman–Crippen MR) is 63.2 cm³/mol. The summed E-state index contributed by atoms with van der Waals surface area (Å²) >= 11 is 0. The number of primary sulfonamides is 1. The molecule has 0 saturated carbocycles. The van der Waals surface area contributed by atoms with Gasteiger partial charge in [-0.25, -0.2) is 13.6 Å². The van der Waals surface area contributed by atoms with Crippen LogP contribution in [0.1, 0.15) is 30.6 Å². The summed E-state index contributed by atoms with van der Waals surface area (Å²) in [5, 5.41) is 14.0. The maximum absolute atomic E-state index is 11.5. The van der Waals surface area contributed by atoms with Crippen LogP contribution in [0.4, 0.5) is 0 Å². The Morgan fingerprint density at radius 3 is 2.31 bits per heavy atom. The number of aliphatic hydroxyl groups excluding tert-OH is 1. The molecular formula is C11H17NO3S. The molecule has 0 aliphatic heterocycles. The second-order valence-electron chi connectivity index (χ2n) is 3.78. The molecule has 0 fully saturated rings. The molecule has 2 unspecified atom stereocenters. The molecule has 3 N–H and O–H groups in total. The third-order valence-corrected chi connectivity index (χ3v) is 3.71. The smallest absolute Gasteiger partial charge is 0.218 e. The molecule has 0 radical (unpaired) electrons. The molecule has 1 aromatic rings. The molecule has 2 atom stereocenters. The van der Waals surface area contributed by atoms with Gasteiger partial charge in [-0.15, -0.1) is 0 Å². The SMILES string of the molecule is CCCC(O)C(c1ccccc1)S(N)(=O)=O. The first-order chi connectivity index (χ1) is 7.46. The Morgan fingerprint density at radius 2 is 1.88 bits per heavy atom. The number of benzene rings is 1. The Bertz CT molecular complexity index is 416. The van der Waals surface area contributed by atoms with Crippen LogP contribution in [0, 0.1) is 0 Å². The number of rotatable bonds is 5. The predicted octanol–water partition coefficient (Wildman–Crippen LogP) is 1.18. The van der Waals surface area contributed by atoms with Crippen LogP contribution in [0.25, 0.3) is 0 Å². The lowest BCUT2D eigenvalue weighted by Crippen LogP contribution is -2.31. The van der Waals surface area contributed by atoms with E-state index in [9.17, 15) is 13.5 Å². The Labute approximate surface area is 96.2 Å². The average molecular weight is 243 g/mol. The largest absolute Gasteiger partial charge is 0.391 e. The van der Waals surface area contributed by atoms with Crippen LogP contribution in [-0.4, -0.2) is 19.6 Å². The maximum atomic E-state index is 11.5. The number of sulfonamides is 1. The highest BCUT2D eigenvalue weighted by Crippen LogP contribution is 2.26. The van der Waals surface area contributed by atoms with Crippen LogP contribution >= 0.6 is 0 Å². The van der Waals surface area contributed by atoms with Crippen LogP contribution in [0.3, 0.4) is 0 Å². The van der Waals surface area contributed by atoms with E-state index >= 15 is 0 Å². The van der Waals surface area contributed by atoms with E-state index in [0.717, 1.165) is 0 Å². The van der Waals surface area contributed by atoms with Crippen molar-refractivity contribution >= 4 is 10.0 Å². The first-order valence-corrected chi connectivity index (χ1v) is 6.82. The van der Waals surface area contributed by atoms with Gasteiger partial charge < -0.3 is 5.11 Å². The Kier molecular flexibility index (Phi) is 4.46. The molecule has 0 bridgehead atoms. The van der Waals surface area contributed by atoms with Crippen LogP contribution in [0.15, 0.2) is 30.3 Å². The standard InChI is InChI=1S/C11H17NO3S/c1-2-6-10(13)11(16(12,14)15)9-7-4-3-5-8-9/h3-5,7-8,10-11,13H,2,6H2,1H3,(H2,12,14,15). The van der Waals surface area contributed by atoms with E-state index in [1.807, 2.05) is 6.92 Å². The summed E-state index contributed by atoms with van der Waals surface area (Å²) in [5.41, 5.74) is 0.533. The molecule has 0 heterocycles. The molecule has 0 aliphatic rings. The van der Waals surface area contributed by atoms with Crippen molar-refractivity contribution in [3.8, 4) is 0 Å². The fourth-order valence-electron chi connectivity index (χ4n) is 1.72. The van der Waals surface area contributed by atoms with Crippen LogP contribution in [0.5, 0.6) is 0 Å². The topological polar surface area (TPSA) is 80.4 Å². The van der Waals surface area contributed by atoms with Gasteiger partial charge >= 0.3 is 0 Å². The van der Waals surface area contributed by atoms with Crippen LogP contribution in [0.2, 0.25) is 0 Å². The molecule has 4 nitrogen and oxygen atoms in total. The number of nitrogens with two attached hydrogens (primary N) is 1. The van der Waals surface area contributed by atoms with Gasteiger partial charge in [0.1, 0.15) is 5.25 Å². The van der Waals surface area contributed by atoms with Crippen molar-refractivity contribution in [1.82, 2.24) is 0 Å². The van der Waals surface area contributed by atoms with Crippen LogP contribution in [-0.2, 0) is 10.0 Å². The molecular weight excluding hydrogens is 226 g/mol. The molecule has 0 saturated heterocycles. The van der Waals surface area contributed by atoms with Gasteiger partial charge in [0.2, 0.25) is 10.0 Å². The minimum atomic E-state index is -3.79. The van der Waals surface area contributed by atoms with Crippen molar-refractivity contribution in [3.63, 3.8) is 0 Å². The molecule has 5 heteroatoms. The Hall–Kier alpha value is -0.910. The van der Waals surface area contributed by atoms with Gasteiger partial charge in [-0.05, 0) is 12.0 Å². The highest BCUT2D eigenvalue weighted by atomic mass is 32.2. The lowest BCUT2D eigenvalue weighted by molar-refractivity contribution is 0.157. The molecule has 0 amide bonds. The second-order valence-corrected chi connectivity index (χ2v) is 5.46. The zero-order chi connectivity index (χ0) is 12.2. The molecule has 90 valence electrons. The van der Waals surface area contributed by atoms with Gasteiger partial charge in [0.05, 0.1) is 6.10 Å². The highest BCUT2D eigenvalue weighted by Gasteiger charge is 2.30. The lowest BCUT2D eigenvalue weighted by atomic mass is 10.0. The zero-order valence-corrected chi connectivity index (χ0v) is 10.0. The van der Waals surface area contributed by atoms with Gasteiger partial charge in [0.25, 0.3) is 0 Å². The van der Waals surface area contributed by atoms with Crippen molar-refractivity contribution < 1.29 is 13.5 Å². The lowest BCUT2D eigenvalue weighted by Gasteiger charge is -2.20. The van der Waals surface area contributed by atoms with E-state index in [4.69, 9.17) is 5.14 Å². The monoisotopic (exact) mass is 243 g/mol. The third-order valence-electron chi connectivity index (χ3n) is 2.42. The number of hydrogen-bond donors (Lipinski definition) is 2. The van der Waals surface area contributed by atoms with Gasteiger partial charge in [-0.3, -0.25) is 0 Å². The number of hydrogen-bond acceptors (Lipinski definition) is 3. The van der Waals surface area contributed by atoms with E-state index < -0.39 is 21.4 Å². The first kappa shape index (κ1) is 13.2. The fraction of sp³-hybridized carbons (Fsp3) is 0.455. The summed E-state index contributed by atoms with van der Waals surface area (Å²) in [7, 11) is -3.79. The van der Waals surface area contributed by atoms with E-state index in [1.54, 1.807) is 30.3 Å². The van der Waals surface area contributed by atoms with Crippen molar-refractivity contribution in [1.29, 1.82) is 0 Å². The summed E-state index contributed by atoms with van der Waals surface area (Å²) in [6, 6.07) is 8.57. The molecule has 1 aromatic carbocycles. The summed E-state index contributed by atoms with van der Waals surface area (Å²) < 4.78 is 22.9. The minimum absolute atomic E-state index is 0.413. The Balaban J connectivity index is 3.07. The van der Waals surface area contributed by atoms with E-state index in [0.29, 0.717) is 18.4 Å². The van der Waals surface area contributed by atoms with Gasteiger partial charge in [0, 0.05) is 0 Å². The van der Waals surface area contributed by atoms with Gasteiger partial charge in [-0.2, -0.15) is 0 Å². The Morgan fingerprint density at radius 1 is 1.31 bits per heavy atom. The summed E-state index contributed by atoms with van der Waals surface area (Å²) in [5.74, 6) is 0. The van der Waals surface area contributed by atoms with E-state index in [-0.39, 0.29) is 0 Å². The molecule has 16 heavy (non-hydrogen) atoms. The fourth-order valence-corrected chi connectivity index (χ4v) is 2.83. The summed E-state index contributed by atoms with van der Waals surface area (Å²) in [6.45, 7) is 1.88. The van der Waals surface area contributed by atoms with Crippen molar-refractivity contribution in [2.45, 2.75) is 31.1 Å². The summed E-state index contributed by atoms with van der Waals surface area (Å²) in [4.78, 5) is 0. The van der Waals surface area contributed by atoms with E-state index in [1.165, 1.54) is 0 Å². The number of aliphatic hydroxyl groups is 1. The van der Waals surface area contributed by atoms with Gasteiger partial charge in [-0.1, -0.05) is 43.7 Å². The van der Waals surface area contributed by atoms with Crippen LogP contribution < -0.4 is 5.14 Å². The molecule has 0 aliphatic carbocycles. The highest BCUT2D eigenvalue weighted by molar-refractivity contribution is 7.89. The van der Waals surface area contributed by atoms with E-state index in [2.05, 4.69) is 0 Å². The average Bonchev–Trinajstić information content (AvgIpc) is 2.17.